The molecule has 2 unspecified atom stereocenters. The Morgan fingerprint density at radius 1 is 1.19 bits per heavy atom. The Bertz CT molecular complexity index is 1070. The fourth-order valence-corrected chi connectivity index (χ4v) is 4.96. The van der Waals surface area contributed by atoms with E-state index in [0.717, 1.165) is 44.5 Å². The van der Waals surface area contributed by atoms with Crippen molar-refractivity contribution < 1.29 is 36.9 Å². The van der Waals surface area contributed by atoms with Crippen LogP contribution in [-0.4, -0.2) is 60.4 Å². The van der Waals surface area contributed by atoms with Gasteiger partial charge in [0.05, 0.1) is 12.6 Å². The number of aromatic nitrogens is 2. The molecule has 2 atom stereocenters. The number of carbonyl (C=O) groups excluding carboxylic acids is 1. The number of ether oxygens (including phenoxy) is 4. The minimum absolute atomic E-state index is 0.116. The number of benzene rings is 1. The fraction of sp³-hybridized carbons (Fsp3) is 0.600. The van der Waals surface area contributed by atoms with Gasteiger partial charge >= 0.3 is 6.18 Å². The van der Waals surface area contributed by atoms with Crippen molar-refractivity contribution in [1.82, 2.24) is 15.1 Å². The van der Waals surface area contributed by atoms with Crippen molar-refractivity contribution in [2.45, 2.75) is 63.6 Å². The van der Waals surface area contributed by atoms with Crippen molar-refractivity contribution in [3.63, 3.8) is 0 Å². The first-order valence-corrected chi connectivity index (χ1v) is 12.3. The minimum atomic E-state index is -4.37. The summed E-state index contributed by atoms with van der Waals surface area (Å²) in [6, 6.07) is 6.54. The number of carbonyl (C=O) groups is 1. The normalized spacial score (nSPS) is 22.2. The number of nitrogens with zero attached hydrogens (tertiary/aromatic N) is 2. The summed E-state index contributed by atoms with van der Waals surface area (Å²) in [5.74, 6) is 1.55. The summed E-state index contributed by atoms with van der Waals surface area (Å²) in [7, 11) is 0. The predicted molar refractivity (Wildman–Crippen MR) is 122 cm³/mol. The van der Waals surface area contributed by atoms with Crippen LogP contribution in [0.5, 0.6) is 11.6 Å². The average Bonchev–Trinajstić information content (AvgIpc) is 3.27. The van der Waals surface area contributed by atoms with Gasteiger partial charge in [-0.25, -0.2) is 4.68 Å². The average molecular weight is 510 g/mol. The van der Waals surface area contributed by atoms with Crippen molar-refractivity contribution in [3.8, 4) is 11.6 Å². The molecule has 1 aromatic heterocycles. The van der Waals surface area contributed by atoms with Crippen LogP contribution in [0.25, 0.3) is 0 Å². The van der Waals surface area contributed by atoms with Gasteiger partial charge in [-0.2, -0.15) is 18.3 Å². The fourth-order valence-electron chi connectivity index (χ4n) is 4.96. The second kappa shape index (κ2) is 10.7. The second-order valence-corrected chi connectivity index (χ2v) is 9.65. The van der Waals surface area contributed by atoms with Crippen molar-refractivity contribution in [3.05, 3.63) is 41.1 Å². The van der Waals surface area contributed by atoms with E-state index in [0.29, 0.717) is 42.7 Å². The van der Waals surface area contributed by atoms with E-state index >= 15 is 0 Å². The number of rotatable bonds is 7. The van der Waals surface area contributed by atoms with Crippen LogP contribution >= 0.6 is 0 Å². The van der Waals surface area contributed by atoms with E-state index in [1.807, 2.05) is 0 Å². The molecule has 3 aliphatic rings. The van der Waals surface area contributed by atoms with Crippen LogP contribution in [0.4, 0.5) is 13.2 Å². The molecule has 196 valence electrons. The van der Waals surface area contributed by atoms with Gasteiger partial charge in [-0.05, 0) is 54.9 Å². The van der Waals surface area contributed by atoms with Crippen LogP contribution in [-0.2, 0) is 29.0 Å². The van der Waals surface area contributed by atoms with Gasteiger partial charge in [0.15, 0.2) is 5.69 Å². The van der Waals surface area contributed by atoms with Crippen LogP contribution in [0.2, 0.25) is 0 Å². The van der Waals surface area contributed by atoms with Gasteiger partial charge < -0.3 is 24.3 Å². The number of halogens is 3. The topological polar surface area (TPSA) is 83.8 Å². The maximum absolute atomic E-state index is 12.9. The largest absolute Gasteiger partial charge is 0.491 e. The molecule has 0 radical (unpaired) electrons. The smallest absolute Gasteiger partial charge is 0.411 e. The number of hydrogen-bond donors (Lipinski definition) is 1. The van der Waals surface area contributed by atoms with E-state index in [1.54, 1.807) is 28.9 Å². The standard InChI is InChI=1S/C25H30F3N3O5/c26-25(27,28)15-34-13-17-1-2-22-18(9-17)11-19(14-35-22)29-24(32)21-12-23-31(30-21)6-3-20(36-23)10-16-4-7-33-8-5-16/h1-2,9,12,16,19-20H,3-8,10-11,13-15H2,(H,29,32). The lowest BCUT2D eigenvalue weighted by molar-refractivity contribution is -0.176. The maximum Gasteiger partial charge on any atom is 0.411 e. The third kappa shape index (κ3) is 6.31. The van der Waals surface area contributed by atoms with E-state index in [4.69, 9.17) is 18.9 Å². The summed E-state index contributed by atoms with van der Waals surface area (Å²) >= 11 is 0. The zero-order valence-electron chi connectivity index (χ0n) is 19.9. The van der Waals surface area contributed by atoms with Crippen LogP contribution in [0, 0.1) is 5.92 Å². The van der Waals surface area contributed by atoms with Gasteiger partial charge in [-0.1, -0.05) is 6.07 Å². The van der Waals surface area contributed by atoms with E-state index in [1.165, 1.54) is 0 Å². The summed E-state index contributed by atoms with van der Waals surface area (Å²) in [5.41, 5.74) is 1.71. The Morgan fingerprint density at radius 2 is 2.03 bits per heavy atom. The van der Waals surface area contributed by atoms with Gasteiger partial charge in [-0.3, -0.25) is 4.79 Å². The van der Waals surface area contributed by atoms with Gasteiger partial charge in [0.1, 0.15) is 25.1 Å². The second-order valence-electron chi connectivity index (χ2n) is 9.65. The summed E-state index contributed by atoms with van der Waals surface area (Å²) < 4.78 is 60.8. The Morgan fingerprint density at radius 3 is 2.83 bits per heavy atom. The highest BCUT2D eigenvalue weighted by Gasteiger charge is 2.29. The third-order valence-electron chi connectivity index (χ3n) is 6.76. The first kappa shape index (κ1) is 24.9. The molecular formula is C25H30F3N3O5. The highest BCUT2D eigenvalue weighted by molar-refractivity contribution is 5.92. The lowest BCUT2D eigenvalue weighted by Gasteiger charge is -2.29. The van der Waals surface area contributed by atoms with E-state index < -0.39 is 12.8 Å². The first-order chi connectivity index (χ1) is 17.3. The number of hydrogen-bond acceptors (Lipinski definition) is 6. The number of amides is 1. The number of alkyl halides is 3. The molecule has 0 saturated carbocycles. The molecular weight excluding hydrogens is 479 g/mol. The predicted octanol–water partition coefficient (Wildman–Crippen LogP) is 3.66. The van der Waals surface area contributed by atoms with E-state index in [2.05, 4.69) is 10.4 Å². The summed E-state index contributed by atoms with van der Waals surface area (Å²) in [6.45, 7) is 1.16. The third-order valence-corrected chi connectivity index (χ3v) is 6.76. The summed E-state index contributed by atoms with van der Waals surface area (Å²) in [4.78, 5) is 12.9. The molecule has 0 bridgehead atoms. The number of fused-ring (bicyclic) bond motifs is 2. The Hall–Kier alpha value is -2.79. The van der Waals surface area contributed by atoms with Crippen LogP contribution in [0.3, 0.4) is 0 Å². The van der Waals surface area contributed by atoms with Gasteiger partial charge in [0.25, 0.3) is 5.91 Å². The summed E-state index contributed by atoms with van der Waals surface area (Å²) in [5, 5.41) is 7.38. The van der Waals surface area contributed by atoms with Gasteiger partial charge in [0.2, 0.25) is 5.88 Å². The Balaban J connectivity index is 1.15. The lowest BCUT2D eigenvalue weighted by atomic mass is 9.92. The molecule has 5 rings (SSSR count). The molecule has 1 amide bonds. The molecule has 3 aliphatic heterocycles. The zero-order valence-corrected chi connectivity index (χ0v) is 19.9. The summed E-state index contributed by atoms with van der Waals surface area (Å²) in [6.07, 6.45) is 0.197. The Kier molecular flexibility index (Phi) is 7.38. The van der Waals surface area contributed by atoms with Crippen molar-refractivity contribution in [2.24, 2.45) is 5.92 Å². The van der Waals surface area contributed by atoms with Crippen molar-refractivity contribution >= 4 is 5.91 Å². The van der Waals surface area contributed by atoms with Crippen LogP contribution in [0.1, 0.15) is 47.3 Å². The molecule has 1 saturated heterocycles. The molecule has 0 aliphatic carbocycles. The number of aryl methyl sites for hydroxylation is 1. The molecule has 1 N–H and O–H groups in total. The first-order valence-electron chi connectivity index (χ1n) is 12.3. The molecule has 36 heavy (non-hydrogen) atoms. The van der Waals surface area contributed by atoms with Crippen molar-refractivity contribution in [1.29, 1.82) is 0 Å². The highest BCUT2D eigenvalue weighted by Crippen LogP contribution is 2.30. The van der Waals surface area contributed by atoms with Crippen molar-refractivity contribution in [2.75, 3.05) is 26.4 Å². The monoisotopic (exact) mass is 509 g/mol. The van der Waals surface area contributed by atoms with Crippen LogP contribution < -0.4 is 14.8 Å². The van der Waals surface area contributed by atoms with Gasteiger partial charge in [-0.15, -0.1) is 0 Å². The quantitative estimate of drug-likeness (QED) is 0.614. The van der Waals surface area contributed by atoms with E-state index in [9.17, 15) is 18.0 Å². The molecule has 4 heterocycles. The molecule has 1 fully saturated rings. The number of nitrogens with one attached hydrogen (secondary N) is 1. The Labute approximate surface area is 207 Å². The molecule has 0 spiro atoms. The SMILES string of the molecule is O=C(NC1COc2ccc(COCC(F)(F)F)cc2C1)c1cc2n(n1)CCC(CC1CCOCC1)O2. The lowest BCUT2D eigenvalue weighted by Crippen LogP contribution is -2.43. The molecule has 1 aromatic carbocycles. The van der Waals surface area contributed by atoms with Crippen LogP contribution in [0.15, 0.2) is 24.3 Å². The molecule has 8 nitrogen and oxygen atoms in total. The van der Waals surface area contributed by atoms with E-state index in [-0.39, 0.29) is 30.4 Å². The highest BCUT2D eigenvalue weighted by atomic mass is 19.4. The maximum atomic E-state index is 12.9. The molecule has 11 heteroatoms. The molecule has 2 aromatic rings. The zero-order chi connectivity index (χ0) is 25.1. The van der Waals surface area contributed by atoms with Gasteiger partial charge in [0, 0.05) is 32.2 Å². The minimum Gasteiger partial charge on any atom is -0.491 e.